The van der Waals surface area contributed by atoms with Gasteiger partial charge in [-0.1, -0.05) is 26.7 Å². The lowest BCUT2D eigenvalue weighted by Crippen LogP contribution is -2.36. The van der Waals surface area contributed by atoms with E-state index < -0.39 is 0 Å². The number of aliphatic hydroxyl groups excluding tert-OH is 1. The molecule has 0 radical (unpaired) electrons. The zero-order chi connectivity index (χ0) is 20.1. The smallest absolute Gasteiger partial charge is 0.126 e. The predicted octanol–water partition coefficient (Wildman–Crippen LogP) is 6.16. The van der Waals surface area contributed by atoms with Gasteiger partial charge in [0.2, 0.25) is 0 Å². The Hall–Kier alpha value is -1.72. The molecular weight excluding hydrogens is 373 g/mol. The van der Waals surface area contributed by atoms with Gasteiger partial charge in [-0.3, -0.25) is 0 Å². The molecule has 1 heterocycles. The van der Waals surface area contributed by atoms with E-state index in [0.717, 1.165) is 40.6 Å². The first-order valence-corrected chi connectivity index (χ1v) is 11.0. The summed E-state index contributed by atoms with van der Waals surface area (Å²) in [5.41, 5.74) is 3.03. The van der Waals surface area contributed by atoms with Crippen LogP contribution in [0.4, 0.5) is 15.8 Å². The Kier molecular flexibility index (Phi) is 6.89. The Morgan fingerprint density at radius 2 is 1.96 bits per heavy atom. The number of halogens is 1. The minimum atomic E-state index is -0.228. The van der Waals surface area contributed by atoms with Gasteiger partial charge in [-0.15, -0.1) is 11.8 Å². The second-order valence-electron chi connectivity index (χ2n) is 7.60. The van der Waals surface area contributed by atoms with Gasteiger partial charge in [-0.25, -0.2) is 4.39 Å². The minimum Gasteiger partial charge on any atom is -0.496 e. The van der Waals surface area contributed by atoms with Crippen molar-refractivity contribution in [2.75, 3.05) is 24.3 Å². The van der Waals surface area contributed by atoms with Gasteiger partial charge < -0.3 is 14.7 Å². The van der Waals surface area contributed by atoms with E-state index in [1.807, 2.05) is 36.0 Å². The number of methoxy groups -OCH3 is 1. The highest BCUT2D eigenvalue weighted by atomic mass is 32.2. The Balaban J connectivity index is 2.11. The molecule has 1 unspecified atom stereocenters. The van der Waals surface area contributed by atoms with Crippen LogP contribution >= 0.6 is 11.8 Å². The molecule has 0 fully saturated rings. The van der Waals surface area contributed by atoms with Crippen molar-refractivity contribution in [1.82, 2.24) is 0 Å². The Labute approximate surface area is 171 Å². The molecule has 3 nitrogen and oxygen atoms in total. The maximum absolute atomic E-state index is 13.6. The van der Waals surface area contributed by atoms with Crippen molar-refractivity contribution in [3.8, 4) is 5.75 Å². The van der Waals surface area contributed by atoms with Crippen LogP contribution in [-0.4, -0.2) is 24.5 Å². The van der Waals surface area contributed by atoms with Crippen molar-refractivity contribution in [3.63, 3.8) is 0 Å². The van der Waals surface area contributed by atoms with Crippen molar-refractivity contribution in [1.29, 1.82) is 0 Å². The van der Waals surface area contributed by atoms with Crippen LogP contribution in [0.1, 0.15) is 45.1 Å². The van der Waals surface area contributed by atoms with Crippen LogP contribution in [0.5, 0.6) is 5.75 Å². The second kappa shape index (κ2) is 9.19. The van der Waals surface area contributed by atoms with E-state index >= 15 is 0 Å². The van der Waals surface area contributed by atoms with Crippen LogP contribution in [-0.2, 0) is 6.61 Å². The first-order chi connectivity index (χ1) is 13.6. The van der Waals surface area contributed by atoms with Crippen molar-refractivity contribution in [2.24, 2.45) is 5.41 Å². The number of aliphatic hydroxyl groups is 1. The maximum atomic E-state index is 13.6. The summed E-state index contributed by atoms with van der Waals surface area (Å²) in [5, 5.41) is 9.76. The first kappa shape index (κ1) is 21.0. The number of thioether (sulfide) groups is 1. The average molecular weight is 404 g/mol. The number of hydrogen-bond donors (Lipinski definition) is 1. The Bertz CT molecular complexity index is 796. The van der Waals surface area contributed by atoms with Gasteiger partial charge in [0.25, 0.3) is 0 Å². The molecule has 0 aromatic heterocycles. The molecule has 28 heavy (non-hydrogen) atoms. The summed E-state index contributed by atoms with van der Waals surface area (Å²) < 4.78 is 19.1. The SMILES string of the molecule is CCCCC1(CC)CSc2cc(CO)c(OC)cc2N(c2ccc(F)cc2)C1. The highest BCUT2D eigenvalue weighted by Crippen LogP contribution is 2.48. The topological polar surface area (TPSA) is 32.7 Å². The molecule has 1 aliphatic rings. The first-order valence-electron chi connectivity index (χ1n) is 10.0. The molecular formula is C23H30FNO2S. The fourth-order valence-corrected chi connectivity index (χ4v) is 5.32. The van der Waals surface area contributed by atoms with Crippen LogP contribution in [0.25, 0.3) is 0 Å². The van der Waals surface area contributed by atoms with Gasteiger partial charge >= 0.3 is 0 Å². The largest absolute Gasteiger partial charge is 0.496 e. The van der Waals surface area contributed by atoms with E-state index in [0.29, 0.717) is 5.75 Å². The number of rotatable bonds is 7. The summed E-state index contributed by atoms with van der Waals surface area (Å²) in [6.45, 7) is 5.34. The van der Waals surface area contributed by atoms with E-state index in [4.69, 9.17) is 4.74 Å². The normalized spacial score (nSPS) is 19.2. The van der Waals surface area contributed by atoms with E-state index in [1.165, 1.54) is 31.4 Å². The lowest BCUT2D eigenvalue weighted by molar-refractivity contribution is 0.273. The molecule has 1 N–H and O–H groups in total. The third-order valence-corrected chi connectivity index (χ3v) is 7.19. The summed E-state index contributed by atoms with van der Waals surface area (Å²) in [6.07, 6.45) is 4.64. The summed E-state index contributed by atoms with van der Waals surface area (Å²) in [7, 11) is 1.63. The van der Waals surface area contributed by atoms with Crippen molar-refractivity contribution in [3.05, 3.63) is 47.8 Å². The number of anilines is 2. The van der Waals surface area contributed by atoms with Gasteiger partial charge in [-0.2, -0.15) is 0 Å². The number of ether oxygens (including phenoxy) is 1. The molecule has 0 saturated carbocycles. The van der Waals surface area contributed by atoms with Crippen LogP contribution in [0.15, 0.2) is 41.3 Å². The van der Waals surface area contributed by atoms with E-state index in [2.05, 4.69) is 18.7 Å². The zero-order valence-corrected chi connectivity index (χ0v) is 17.8. The van der Waals surface area contributed by atoms with Crippen molar-refractivity contribution < 1.29 is 14.2 Å². The molecule has 3 rings (SSSR count). The second-order valence-corrected chi connectivity index (χ2v) is 8.62. The molecule has 2 aromatic carbocycles. The molecule has 0 aliphatic carbocycles. The number of unbranched alkanes of at least 4 members (excludes halogenated alkanes) is 1. The summed E-state index contributed by atoms with van der Waals surface area (Å²) >= 11 is 1.86. The van der Waals surface area contributed by atoms with E-state index in [1.54, 1.807) is 7.11 Å². The number of benzene rings is 2. The standard InChI is InChI=1S/C23H30FNO2S/c1-4-6-11-23(5-2)15-25(19-9-7-18(24)8-10-19)20-13-21(27-3)17(14-26)12-22(20)28-16-23/h7-10,12-13,26H,4-6,11,14-16H2,1-3H3. The van der Waals surface area contributed by atoms with Crippen LogP contribution in [0, 0.1) is 11.2 Å². The van der Waals surface area contributed by atoms with Gasteiger partial charge in [0.1, 0.15) is 11.6 Å². The third kappa shape index (κ3) is 4.31. The molecule has 1 atom stereocenters. The van der Waals surface area contributed by atoms with E-state index in [-0.39, 0.29) is 17.8 Å². The quantitative estimate of drug-likeness (QED) is 0.600. The Morgan fingerprint density at radius 3 is 2.57 bits per heavy atom. The number of nitrogens with zero attached hydrogens (tertiary/aromatic N) is 1. The summed E-state index contributed by atoms with van der Waals surface area (Å²) in [4.78, 5) is 3.44. The van der Waals surface area contributed by atoms with E-state index in [9.17, 15) is 9.50 Å². The molecule has 5 heteroatoms. The molecule has 0 amide bonds. The van der Waals surface area contributed by atoms with Crippen molar-refractivity contribution in [2.45, 2.75) is 51.0 Å². The minimum absolute atomic E-state index is 0.0533. The Morgan fingerprint density at radius 1 is 1.21 bits per heavy atom. The highest BCUT2D eigenvalue weighted by molar-refractivity contribution is 7.99. The van der Waals surface area contributed by atoms with Crippen molar-refractivity contribution >= 4 is 23.1 Å². The molecule has 1 aliphatic heterocycles. The molecule has 0 saturated heterocycles. The summed E-state index contributed by atoms with van der Waals surface area (Å²) in [5.74, 6) is 1.49. The fraction of sp³-hybridized carbons (Fsp3) is 0.478. The average Bonchev–Trinajstić information content (AvgIpc) is 2.89. The number of fused-ring (bicyclic) bond motifs is 1. The number of hydrogen-bond acceptors (Lipinski definition) is 4. The predicted molar refractivity (Wildman–Crippen MR) is 115 cm³/mol. The molecule has 152 valence electrons. The van der Waals surface area contributed by atoms with Gasteiger partial charge in [0.05, 0.1) is 19.4 Å². The lowest BCUT2D eigenvalue weighted by Gasteiger charge is -2.37. The molecule has 0 spiro atoms. The van der Waals surface area contributed by atoms with Gasteiger partial charge in [0, 0.05) is 34.5 Å². The molecule has 2 aromatic rings. The summed E-state index contributed by atoms with van der Waals surface area (Å²) in [6, 6.07) is 10.8. The van der Waals surface area contributed by atoms with Gasteiger partial charge in [0.15, 0.2) is 0 Å². The third-order valence-electron chi connectivity index (χ3n) is 5.80. The maximum Gasteiger partial charge on any atom is 0.126 e. The highest BCUT2D eigenvalue weighted by Gasteiger charge is 2.35. The molecule has 0 bridgehead atoms. The lowest BCUT2D eigenvalue weighted by atomic mass is 9.81. The zero-order valence-electron chi connectivity index (χ0n) is 17.0. The van der Waals surface area contributed by atoms with Crippen LogP contribution in [0.2, 0.25) is 0 Å². The monoisotopic (exact) mass is 403 g/mol. The van der Waals surface area contributed by atoms with Gasteiger partial charge in [-0.05, 0) is 48.6 Å². The van der Waals surface area contributed by atoms with Crippen LogP contribution < -0.4 is 9.64 Å². The fourth-order valence-electron chi connectivity index (χ4n) is 3.87. The van der Waals surface area contributed by atoms with Crippen LogP contribution in [0.3, 0.4) is 0 Å².